The van der Waals surface area contributed by atoms with Crippen LogP contribution in [0.5, 0.6) is 0 Å². The molecule has 21 heteroatoms. The number of unbranched alkanes of at least 4 members (excludes halogenated alkanes) is 2. The third-order valence-electron chi connectivity index (χ3n) is 8.72. The number of hydrogen-bond acceptors (Lipinski definition) is 21. The molecule has 21 nitrogen and oxygen atoms in total. The van der Waals surface area contributed by atoms with Crippen LogP contribution in [0.15, 0.2) is 12.2 Å². The molecule has 0 spiro atoms. The summed E-state index contributed by atoms with van der Waals surface area (Å²) in [7, 11) is 1.13. The molecular formula is C30H55NO20. The van der Waals surface area contributed by atoms with Gasteiger partial charge in [0.05, 0.1) is 32.0 Å². The van der Waals surface area contributed by atoms with Crippen LogP contribution in [0.1, 0.15) is 26.2 Å². The fourth-order valence-corrected chi connectivity index (χ4v) is 5.86. The molecule has 3 aliphatic rings. The van der Waals surface area contributed by atoms with Crippen LogP contribution in [0, 0.1) is 0 Å². The molecule has 13 N–H and O–H groups in total. The van der Waals surface area contributed by atoms with E-state index in [1.54, 1.807) is 0 Å². The maximum Gasteiger partial charge on any atom is 0.187 e. The highest BCUT2D eigenvalue weighted by Gasteiger charge is 2.56. The van der Waals surface area contributed by atoms with Gasteiger partial charge in [0, 0.05) is 13.7 Å². The second kappa shape index (κ2) is 21.7. The van der Waals surface area contributed by atoms with E-state index in [0.717, 1.165) is 32.1 Å². The Labute approximate surface area is 294 Å². The molecule has 300 valence electrons. The van der Waals surface area contributed by atoms with Gasteiger partial charge in [-0.25, -0.2) is 4.89 Å². The fourth-order valence-electron chi connectivity index (χ4n) is 5.86. The first-order valence-electron chi connectivity index (χ1n) is 16.7. The van der Waals surface area contributed by atoms with Crippen LogP contribution in [0.3, 0.4) is 0 Å². The maximum absolute atomic E-state index is 11.3. The Morgan fingerprint density at radius 2 is 1.39 bits per heavy atom. The van der Waals surface area contributed by atoms with Crippen molar-refractivity contribution in [1.82, 2.24) is 0 Å². The van der Waals surface area contributed by atoms with E-state index in [9.17, 15) is 51.2 Å². The van der Waals surface area contributed by atoms with Crippen LogP contribution in [-0.4, -0.2) is 207 Å². The Kier molecular flexibility index (Phi) is 18.9. The summed E-state index contributed by atoms with van der Waals surface area (Å²) in [4.78, 5) is 4.52. The summed E-state index contributed by atoms with van der Waals surface area (Å²) in [5, 5.41) is 113. The van der Waals surface area contributed by atoms with E-state index in [1.807, 2.05) is 0 Å². The Morgan fingerprint density at radius 1 is 0.745 bits per heavy atom. The molecule has 0 radical (unpaired) electrons. The van der Waals surface area contributed by atoms with Gasteiger partial charge in [-0.15, -0.1) is 0 Å². The van der Waals surface area contributed by atoms with Gasteiger partial charge in [0.1, 0.15) is 73.2 Å². The van der Waals surface area contributed by atoms with Gasteiger partial charge in [0.15, 0.2) is 25.2 Å². The third-order valence-corrected chi connectivity index (χ3v) is 8.72. The average molecular weight is 750 g/mol. The minimum absolute atomic E-state index is 0.195. The summed E-state index contributed by atoms with van der Waals surface area (Å²) in [6.45, 7) is -0.148. The second-order valence-corrected chi connectivity index (χ2v) is 12.4. The Balaban J connectivity index is 1.79. The molecule has 0 amide bonds. The van der Waals surface area contributed by atoms with E-state index < -0.39 is 130 Å². The first-order chi connectivity index (χ1) is 24.4. The summed E-state index contributed by atoms with van der Waals surface area (Å²) in [5.41, 5.74) is 5.51. The summed E-state index contributed by atoms with van der Waals surface area (Å²) < 4.78 is 45.0. The van der Waals surface area contributed by atoms with Crippen molar-refractivity contribution in [2.24, 2.45) is 5.73 Å². The van der Waals surface area contributed by atoms with Gasteiger partial charge in [-0.05, 0) is 32.7 Å². The molecule has 3 saturated heterocycles. The molecule has 51 heavy (non-hydrogen) atoms. The van der Waals surface area contributed by atoms with Gasteiger partial charge in [-0.2, -0.15) is 0 Å². The van der Waals surface area contributed by atoms with Crippen molar-refractivity contribution in [3.05, 3.63) is 12.2 Å². The van der Waals surface area contributed by atoms with Crippen molar-refractivity contribution in [2.75, 3.05) is 40.1 Å². The van der Waals surface area contributed by atoms with Gasteiger partial charge in [-0.1, -0.05) is 12.2 Å². The predicted molar refractivity (Wildman–Crippen MR) is 166 cm³/mol. The van der Waals surface area contributed by atoms with Crippen LogP contribution in [0.25, 0.3) is 0 Å². The lowest BCUT2D eigenvalue weighted by atomic mass is 9.98. The Morgan fingerprint density at radius 3 is 2.00 bits per heavy atom. The maximum atomic E-state index is 11.3. The molecule has 16 unspecified atom stereocenters. The SMILES string of the molecule is COC(OC1C(O)C(CO)OC(OC2C(O)C(OC3C(O)C(OCCCCCN)OC(C)C3OO)OC2[C@H](O)CO)C1O)C(O)/C=C/[C@H](O)CO. The van der Waals surface area contributed by atoms with E-state index in [0.29, 0.717) is 13.0 Å². The molecule has 0 saturated carbocycles. The van der Waals surface area contributed by atoms with Gasteiger partial charge in [-0.3, -0.25) is 5.26 Å². The van der Waals surface area contributed by atoms with Gasteiger partial charge < -0.3 is 94.7 Å². The topological polar surface area (TPSA) is 332 Å². The van der Waals surface area contributed by atoms with E-state index in [1.165, 1.54) is 6.92 Å². The highest BCUT2D eigenvalue weighted by atomic mass is 17.1. The molecular weight excluding hydrogens is 694 g/mol. The highest BCUT2D eigenvalue weighted by Crippen LogP contribution is 2.35. The van der Waals surface area contributed by atoms with Gasteiger partial charge in [0.25, 0.3) is 0 Å². The molecule has 0 aliphatic carbocycles. The van der Waals surface area contributed by atoms with Crippen LogP contribution < -0.4 is 5.73 Å². The molecule has 3 fully saturated rings. The summed E-state index contributed by atoms with van der Waals surface area (Å²) in [6, 6.07) is 0. The smallest absolute Gasteiger partial charge is 0.187 e. The number of aliphatic hydroxyl groups excluding tert-OH is 10. The summed E-state index contributed by atoms with van der Waals surface area (Å²) in [5.74, 6) is 0. The number of rotatable bonds is 21. The molecule has 3 rings (SSSR count). The monoisotopic (exact) mass is 749 g/mol. The zero-order chi connectivity index (χ0) is 37.8. The number of aliphatic hydroxyl groups is 10. The van der Waals surface area contributed by atoms with Crippen LogP contribution in [0.2, 0.25) is 0 Å². The zero-order valence-corrected chi connectivity index (χ0v) is 28.4. The molecule has 18 atom stereocenters. The predicted octanol–water partition coefficient (Wildman–Crippen LogP) is -5.63. The number of nitrogens with two attached hydrogens (primary N) is 1. The Hall–Kier alpha value is -1.10. The number of hydrogen-bond donors (Lipinski definition) is 12. The highest BCUT2D eigenvalue weighted by molar-refractivity contribution is 4.99. The second-order valence-electron chi connectivity index (χ2n) is 12.4. The van der Waals surface area contributed by atoms with E-state index in [-0.39, 0.29) is 6.61 Å². The summed E-state index contributed by atoms with van der Waals surface area (Å²) in [6.07, 6.45) is -23.9. The quantitative estimate of drug-likeness (QED) is 0.0171. The normalized spacial score (nSPS) is 40.0. The van der Waals surface area contributed by atoms with Crippen molar-refractivity contribution in [3.63, 3.8) is 0 Å². The number of ether oxygens (including phenoxy) is 8. The molecule has 0 aromatic heterocycles. The van der Waals surface area contributed by atoms with Crippen LogP contribution >= 0.6 is 0 Å². The molecule has 0 bridgehead atoms. The van der Waals surface area contributed by atoms with Gasteiger partial charge in [0.2, 0.25) is 0 Å². The minimum atomic E-state index is -1.92. The van der Waals surface area contributed by atoms with E-state index >= 15 is 0 Å². The largest absolute Gasteiger partial charge is 0.394 e. The average Bonchev–Trinajstić information content (AvgIpc) is 3.43. The standard InChI is InChI=1S/C30H55NO20/c1-13-22(51-42)25(20(40)28(45-13)44-9-5-3-4-8-31)49-30-21(41)26(23(47-30)16(37)11-33)50-29-19(39)24(18(38)17(12-34)46-29)48-27(43-2)15(36)7-6-14(35)10-32/h6-7,13-30,32-42H,3-5,8-12,31H2,1-2H3/b7-6+/t13?,14-,15?,16+,17?,18?,19?,20?,21?,22?,23?,24?,25?,26?,27?,28?,29?,30?/m0/s1. The molecule has 0 aromatic carbocycles. The Bertz CT molecular complexity index is 1000. The van der Waals surface area contributed by atoms with E-state index in [2.05, 4.69) is 4.89 Å². The van der Waals surface area contributed by atoms with Gasteiger partial charge >= 0.3 is 0 Å². The molecule has 0 aromatic rings. The van der Waals surface area contributed by atoms with Crippen molar-refractivity contribution in [3.8, 4) is 0 Å². The lowest BCUT2D eigenvalue weighted by molar-refractivity contribution is -0.388. The first kappa shape index (κ1) is 44.3. The number of methoxy groups -OCH3 is 1. The minimum Gasteiger partial charge on any atom is -0.394 e. The molecule has 3 aliphatic heterocycles. The van der Waals surface area contributed by atoms with Crippen LogP contribution in [-0.2, 0) is 42.8 Å². The third kappa shape index (κ3) is 11.5. The van der Waals surface area contributed by atoms with Crippen molar-refractivity contribution < 1.29 is 99.1 Å². The van der Waals surface area contributed by atoms with Crippen molar-refractivity contribution in [2.45, 2.75) is 137 Å². The first-order valence-corrected chi connectivity index (χ1v) is 16.7. The van der Waals surface area contributed by atoms with E-state index in [4.69, 9.17) is 48.7 Å². The zero-order valence-electron chi connectivity index (χ0n) is 28.4. The molecule has 3 heterocycles. The fraction of sp³-hybridized carbons (Fsp3) is 0.933. The summed E-state index contributed by atoms with van der Waals surface area (Å²) >= 11 is 0. The lowest BCUT2D eigenvalue weighted by Crippen LogP contribution is -2.63. The van der Waals surface area contributed by atoms with Crippen LogP contribution in [0.4, 0.5) is 0 Å². The van der Waals surface area contributed by atoms with Crippen molar-refractivity contribution >= 4 is 0 Å². The van der Waals surface area contributed by atoms with Crippen molar-refractivity contribution in [1.29, 1.82) is 0 Å². The lowest BCUT2D eigenvalue weighted by Gasteiger charge is -2.44.